The second kappa shape index (κ2) is 5.31. The minimum atomic E-state index is -4.38. The van der Waals surface area contributed by atoms with E-state index in [1.165, 1.54) is 25.0 Å². The molecule has 106 valence electrons. The summed E-state index contributed by atoms with van der Waals surface area (Å²) >= 11 is 0. The summed E-state index contributed by atoms with van der Waals surface area (Å²) in [5.41, 5.74) is 5.01. The number of alkyl halides is 3. The summed E-state index contributed by atoms with van der Waals surface area (Å²) in [6.07, 6.45) is -0.953. The van der Waals surface area contributed by atoms with Gasteiger partial charge in [0.05, 0.1) is 5.56 Å². The molecule has 0 amide bonds. The molecule has 2 unspecified atom stereocenters. The van der Waals surface area contributed by atoms with Crippen molar-refractivity contribution in [1.82, 2.24) is 0 Å². The van der Waals surface area contributed by atoms with Crippen molar-refractivity contribution in [2.24, 2.45) is 11.8 Å². The lowest BCUT2D eigenvalue weighted by atomic mass is 9.98. The van der Waals surface area contributed by atoms with E-state index >= 15 is 0 Å². The van der Waals surface area contributed by atoms with E-state index in [9.17, 15) is 13.2 Å². The Hall–Kier alpha value is -1.39. The number of anilines is 2. The minimum absolute atomic E-state index is 0.126. The van der Waals surface area contributed by atoms with Crippen LogP contribution in [0.25, 0.3) is 0 Å². The van der Waals surface area contributed by atoms with Gasteiger partial charge in [0.1, 0.15) is 0 Å². The van der Waals surface area contributed by atoms with Gasteiger partial charge in [-0.05, 0) is 36.5 Å². The van der Waals surface area contributed by atoms with Crippen LogP contribution in [0.5, 0.6) is 0 Å². The topological polar surface area (TPSA) is 38.0 Å². The molecule has 0 heterocycles. The minimum Gasteiger partial charge on any atom is -0.399 e. The summed E-state index contributed by atoms with van der Waals surface area (Å²) < 4.78 is 38.7. The Morgan fingerprint density at radius 1 is 1.32 bits per heavy atom. The van der Waals surface area contributed by atoms with Gasteiger partial charge in [-0.1, -0.05) is 19.8 Å². The lowest BCUT2D eigenvalue weighted by Gasteiger charge is -2.20. The van der Waals surface area contributed by atoms with Gasteiger partial charge in [0.15, 0.2) is 0 Å². The molecule has 0 aliphatic heterocycles. The van der Waals surface area contributed by atoms with Gasteiger partial charge in [-0.15, -0.1) is 0 Å². The molecular weight excluding hydrogens is 253 g/mol. The van der Waals surface area contributed by atoms with Crippen molar-refractivity contribution >= 4 is 11.4 Å². The highest BCUT2D eigenvalue weighted by atomic mass is 19.4. The van der Waals surface area contributed by atoms with E-state index in [1.807, 2.05) is 0 Å². The Morgan fingerprint density at radius 3 is 2.63 bits per heavy atom. The average Bonchev–Trinajstić information content (AvgIpc) is 2.72. The van der Waals surface area contributed by atoms with Crippen LogP contribution in [-0.2, 0) is 6.18 Å². The summed E-state index contributed by atoms with van der Waals surface area (Å²) in [7, 11) is 0. The van der Waals surface area contributed by atoms with Gasteiger partial charge in [0.25, 0.3) is 0 Å². The molecule has 0 aromatic heterocycles. The summed E-state index contributed by atoms with van der Waals surface area (Å²) in [6, 6.07) is 3.90. The van der Waals surface area contributed by atoms with E-state index in [0.29, 0.717) is 18.4 Å². The van der Waals surface area contributed by atoms with Crippen molar-refractivity contribution in [3.05, 3.63) is 23.8 Å². The molecule has 0 spiro atoms. The van der Waals surface area contributed by atoms with Crippen molar-refractivity contribution in [2.75, 3.05) is 17.6 Å². The normalized spacial score (nSPS) is 23.6. The van der Waals surface area contributed by atoms with E-state index in [0.717, 1.165) is 12.5 Å². The Balaban J connectivity index is 2.11. The number of hydrogen-bond acceptors (Lipinski definition) is 2. The van der Waals surface area contributed by atoms with Crippen molar-refractivity contribution in [1.29, 1.82) is 0 Å². The molecule has 0 radical (unpaired) electrons. The molecule has 1 aromatic carbocycles. The molecule has 0 saturated heterocycles. The number of halogens is 3. The molecule has 1 aliphatic carbocycles. The molecule has 1 aromatic rings. The fraction of sp³-hybridized carbons (Fsp3) is 0.571. The number of nitrogens with two attached hydrogens (primary N) is 1. The SMILES string of the molecule is CC1CCCC1CNc1ccc(N)cc1C(F)(F)F. The van der Waals surface area contributed by atoms with Crippen LogP contribution in [0, 0.1) is 11.8 Å². The molecule has 0 bridgehead atoms. The highest BCUT2D eigenvalue weighted by molar-refractivity contribution is 5.59. The van der Waals surface area contributed by atoms with Crippen LogP contribution < -0.4 is 11.1 Å². The Bertz CT molecular complexity index is 443. The van der Waals surface area contributed by atoms with Crippen LogP contribution in [-0.4, -0.2) is 6.54 Å². The highest BCUT2D eigenvalue weighted by Gasteiger charge is 2.34. The van der Waals surface area contributed by atoms with Gasteiger partial charge >= 0.3 is 6.18 Å². The summed E-state index contributed by atoms with van der Waals surface area (Å²) in [5.74, 6) is 1.04. The second-order valence-corrected chi connectivity index (χ2v) is 5.35. The summed E-state index contributed by atoms with van der Waals surface area (Å²) in [4.78, 5) is 0. The predicted molar refractivity (Wildman–Crippen MR) is 70.9 cm³/mol. The van der Waals surface area contributed by atoms with E-state index in [-0.39, 0.29) is 11.4 Å². The van der Waals surface area contributed by atoms with Crippen molar-refractivity contribution < 1.29 is 13.2 Å². The number of nitrogen functional groups attached to an aromatic ring is 1. The maximum atomic E-state index is 12.9. The van der Waals surface area contributed by atoms with E-state index in [1.54, 1.807) is 0 Å². The molecule has 19 heavy (non-hydrogen) atoms. The van der Waals surface area contributed by atoms with Gasteiger partial charge in [0.2, 0.25) is 0 Å². The molecule has 1 aliphatic rings. The van der Waals surface area contributed by atoms with Crippen LogP contribution in [0.4, 0.5) is 24.5 Å². The molecule has 5 heteroatoms. The van der Waals surface area contributed by atoms with Gasteiger partial charge in [0, 0.05) is 17.9 Å². The molecule has 1 fully saturated rings. The van der Waals surface area contributed by atoms with Crippen molar-refractivity contribution in [3.63, 3.8) is 0 Å². The van der Waals surface area contributed by atoms with Crippen molar-refractivity contribution in [2.45, 2.75) is 32.4 Å². The Morgan fingerprint density at radius 2 is 2.05 bits per heavy atom. The maximum Gasteiger partial charge on any atom is 0.418 e. The first-order valence-corrected chi connectivity index (χ1v) is 6.58. The van der Waals surface area contributed by atoms with Crippen LogP contribution in [0.2, 0.25) is 0 Å². The highest BCUT2D eigenvalue weighted by Crippen LogP contribution is 2.37. The third-order valence-corrected chi connectivity index (χ3v) is 3.94. The fourth-order valence-electron chi connectivity index (χ4n) is 2.72. The number of hydrogen-bond donors (Lipinski definition) is 2. The zero-order chi connectivity index (χ0) is 14.0. The fourth-order valence-corrected chi connectivity index (χ4v) is 2.72. The summed E-state index contributed by atoms with van der Waals surface area (Å²) in [5, 5.41) is 2.94. The molecule has 1 saturated carbocycles. The molecule has 3 N–H and O–H groups in total. The van der Waals surface area contributed by atoms with Gasteiger partial charge in [-0.2, -0.15) is 13.2 Å². The van der Waals surface area contributed by atoms with Crippen molar-refractivity contribution in [3.8, 4) is 0 Å². The van der Waals surface area contributed by atoms with Crippen LogP contribution >= 0.6 is 0 Å². The maximum absolute atomic E-state index is 12.9. The first-order valence-electron chi connectivity index (χ1n) is 6.58. The smallest absolute Gasteiger partial charge is 0.399 e. The molecule has 2 rings (SSSR count). The monoisotopic (exact) mass is 272 g/mol. The van der Waals surface area contributed by atoms with E-state index in [4.69, 9.17) is 5.73 Å². The predicted octanol–water partition coefficient (Wildman–Crippen LogP) is 4.14. The van der Waals surface area contributed by atoms with Crippen LogP contribution in [0.15, 0.2) is 18.2 Å². The first-order chi connectivity index (χ1) is 8.88. The first kappa shape index (κ1) is 14.0. The zero-order valence-electron chi connectivity index (χ0n) is 10.9. The molecule has 2 atom stereocenters. The average molecular weight is 272 g/mol. The lowest BCUT2D eigenvalue weighted by Crippen LogP contribution is -2.19. The quantitative estimate of drug-likeness (QED) is 0.812. The number of nitrogens with one attached hydrogen (secondary N) is 1. The standard InChI is InChI=1S/C14H19F3N2/c1-9-3-2-4-10(9)8-19-13-6-5-11(18)7-12(13)14(15,16)17/h5-7,9-10,19H,2-4,8,18H2,1H3. The third kappa shape index (κ3) is 3.33. The number of benzene rings is 1. The van der Waals surface area contributed by atoms with Crippen LogP contribution in [0.1, 0.15) is 31.7 Å². The Labute approximate surface area is 111 Å². The largest absolute Gasteiger partial charge is 0.418 e. The van der Waals surface area contributed by atoms with Crippen LogP contribution in [0.3, 0.4) is 0 Å². The van der Waals surface area contributed by atoms with E-state index in [2.05, 4.69) is 12.2 Å². The summed E-state index contributed by atoms with van der Waals surface area (Å²) in [6.45, 7) is 2.75. The second-order valence-electron chi connectivity index (χ2n) is 5.35. The Kier molecular flexibility index (Phi) is 3.92. The van der Waals surface area contributed by atoms with E-state index < -0.39 is 11.7 Å². The molecule has 2 nitrogen and oxygen atoms in total. The molecular formula is C14H19F3N2. The van der Waals surface area contributed by atoms with Gasteiger partial charge in [-0.3, -0.25) is 0 Å². The van der Waals surface area contributed by atoms with Gasteiger partial charge < -0.3 is 11.1 Å². The number of rotatable bonds is 3. The third-order valence-electron chi connectivity index (χ3n) is 3.94. The van der Waals surface area contributed by atoms with Gasteiger partial charge in [-0.25, -0.2) is 0 Å². The zero-order valence-corrected chi connectivity index (χ0v) is 10.9. The lowest BCUT2D eigenvalue weighted by molar-refractivity contribution is -0.136.